The van der Waals surface area contributed by atoms with E-state index >= 15 is 0 Å². The molecule has 1 N–H and O–H groups in total. The van der Waals surface area contributed by atoms with Gasteiger partial charge in [0.05, 0.1) is 17.0 Å². The molecule has 1 amide bonds. The van der Waals surface area contributed by atoms with Crippen molar-refractivity contribution in [1.29, 1.82) is 0 Å². The lowest BCUT2D eigenvalue weighted by Gasteiger charge is -2.07. The summed E-state index contributed by atoms with van der Waals surface area (Å²) in [6.07, 6.45) is 0.0904. The summed E-state index contributed by atoms with van der Waals surface area (Å²) in [6.45, 7) is 0.743. The highest BCUT2D eigenvalue weighted by Gasteiger charge is 2.15. The van der Waals surface area contributed by atoms with E-state index in [0.717, 1.165) is 11.0 Å². The molecule has 0 atom stereocenters. The molecule has 0 fully saturated rings. The van der Waals surface area contributed by atoms with Crippen molar-refractivity contribution in [2.75, 3.05) is 17.7 Å². The number of esters is 1. The lowest BCUT2D eigenvalue weighted by atomic mass is 10.1. The van der Waals surface area contributed by atoms with Crippen LogP contribution in [0, 0.1) is 5.82 Å². The second-order valence-electron chi connectivity index (χ2n) is 5.49. The minimum absolute atomic E-state index is 0.0904. The molecule has 0 unspecified atom stereocenters. The van der Waals surface area contributed by atoms with Gasteiger partial charge in [-0.2, -0.15) is 0 Å². The van der Waals surface area contributed by atoms with Crippen molar-refractivity contribution < 1.29 is 23.5 Å². The van der Waals surface area contributed by atoms with Crippen LogP contribution in [0.5, 0.6) is 0 Å². The fourth-order valence-electron chi connectivity index (χ4n) is 2.12. The number of ketones is 1. The lowest BCUT2D eigenvalue weighted by Crippen LogP contribution is -2.16. The number of hydrogen-bond acceptors (Lipinski definition) is 5. The average Bonchev–Trinajstić information content (AvgIpc) is 2.61. The number of thioether (sulfide) groups is 1. The predicted molar refractivity (Wildman–Crippen MR) is 103 cm³/mol. The van der Waals surface area contributed by atoms with E-state index in [4.69, 9.17) is 16.3 Å². The lowest BCUT2D eigenvalue weighted by molar-refractivity contribution is -0.142. The fourth-order valence-corrected chi connectivity index (χ4v) is 3.29. The number of amides is 1. The highest BCUT2D eigenvalue weighted by molar-refractivity contribution is 7.99. The Bertz CT molecular complexity index is 859. The second kappa shape index (κ2) is 10.1. The molecule has 27 heavy (non-hydrogen) atoms. The van der Waals surface area contributed by atoms with Gasteiger partial charge < -0.3 is 10.1 Å². The van der Waals surface area contributed by atoms with E-state index < -0.39 is 24.2 Å². The normalized spacial score (nSPS) is 10.3. The minimum atomic E-state index is -0.795. The molecule has 0 radical (unpaired) electrons. The van der Waals surface area contributed by atoms with E-state index in [9.17, 15) is 18.8 Å². The molecule has 2 aromatic rings. The fraction of sp³-hybridized carbons (Fsp3) is 0.211. The third-order valence-corrected chi connectivity index (χ3v) is 4.87. The SMILES string of the molecule is CC(=O)Nc1ccc(C(=O)COC(=O)CCSc2ccccc2Cl)c(F)c1. The van der Waals surface area contributed by atoms with Gasteiger partial charge in [0.15, 0.2) is 6.61 Å². The molecule has 2 aromatic carbocycles. The Morgan fingerprint density at radius 2 is 1.93 bits per heavy atom. The molecule has 0 heterocycles. The quantitative estimate of drug-likeness (QED) is 0.398. The Hall–Kier alpha value is -2.38. The maximum absolute atomic E-state index is 14.0. The van der Waals surface area contributed by atoms with Crippen LogP contribution in [-0.4, -0.2) is 30.0 Å². The van der Waals surface area contributed by atoms with Crippen LogP contribution in [0.1, 0.15) is 23.7 Å². The van der Waals surface area contributed by atoms with Crippen molar-refractivity contribution in [3.8, 4) is 0 Å². The summed E-state index contributed by atoms with van der Waals surface area (Å²) >= 11 is 7.43. The Kier molecular flexibility index (Phi) is 7.82. The first-order valence-electron chi connectivity index (χ1n) is 8.00. The maximum Gasteiger partial charge on any atom is 0.307 e. The van der Waals surface area contributed by atoms with Gasteiger partial charge in [-0.15, -0.1) is 11.8 Å². The first-order valence-corrected chi connectivity index (χ1v) is 9.36. The third-order valence-electron chi connectivity index (χ3n) is 3.35. The zero-order valence-corrected chi connectivity index (χ0v) is 16.0. The molecule has 0 aliphatic carbocycles. The second-order valence-corrected chi connectivity index (χ2v) is 7.03. The number of benzene rings is 2. The molecule has 5 nitrogen and oxygen atoms in total. The van der Waals surface area contributed by atoms with E-state index in [1.165, 1.54) is 30.8 Å². The van der Waals surface area contributed by atoms with E-state index in [1.54, 1.807) is 6.07 Å². The van der Waals surface area contributed by atoms with E-state index in [1.807, 2.05) is 18.2 Å². The van der Waals surface area contributed by atoms with Crippen LogP contribution in [0.3, 0.4) is 0 Å². The molecular weight excluding hydrogens is 393 g/mol. The Labute approximate surface area is 165 Å². The Balaban J connectivity index is 1.80. The van der Waals surface area contributed by atoms with Crippen LogP contribution in [0.2, 0.25) is 5.02 Å². The first kappa shape index (κ1) is 20.9. The molecule has 142 valence electrons. The van der Waals surface area contributed by atoms with Gasteiger partial charge in [-0.05, 0) is 30.3 Å². The van der Waals surface area contributed by atoms with Gasteiger partial charge in [-0.3, -0.25) is 14.4 Å². The zero-order chi connectivity index (χ0) is 19.8. The number of carbonyl (C=O) groups is 3. The smallest absolute Gasteiger partial charge is 0.307 e. The Morgan fingerprint density at radius 1 is 1.19 bits per heavy atom. The van der Waals surface area contributed by atoms with Gasteiger partial charge in [-0.1, -0.05) is 23.7 Å². The number of rotatable bonds is 8. The van der Waals surface area contributed by atoms with Gasteiger partial charge in [0.2, 0.25) is 11.7 Å². The Morgan fingerprint density at radius 3 is 2.59 bits per heavy atom. The number of Topliss-reactive ketones (excluding diaryl/α,β-unsaturated/α-hetero) is 1. The van der Waals surface area contributed by atoms with Crippen LogP contribution in [0.15, 0.2) is 47.4 Å². The molecule has 0 spiro atoms. The summed E-state index contributed by atoms with van der Waals surface area (Å²) in [5.74, 6) is -1.92. The molecular formula is C19H17ClFNO4S. The minimum Gasteiger partial charge on any atom is -0.457 e. The molecule has 0 aromatic heterocycles. The summed E-state index contributed by atoms with van der Waals surface area (Å²) < 4.78 is 18.9. The summed E-state index contributed by atoms with van der Waals surface area (Å²) in [7, 11) is 0. The van der Waals surface area contributed by atoms with Crippen LogP contribution < -0.4 is 5.32 Å². The van der Waals surface area contributed by atoms with Gasteiger partial charge in [0, 0.05) is 23.3 Å². The standard InChI is InChI=1S/C19H17ClFNO4S/c1-12(23)22-13-6-7-14(16(21)10-13)17(24)11-26-19(25)8-9-27-18-5-3-2-4-15(18)20/h2-7,10H,8-9,11H2,1H3,(H,22,23). The predicted octanol–water partition coefficient (Wildman–Crippen LogP) is 4.35. The van der Waals surface area contributed by atoms with Gasteiger partial charge in [-0.25, -0.2) is 4.39 Å². The molecule has 0 saturated carbocycles. The van der Waals surface area contributed by atoms with Crippen LogP contribution >= 0.6 is 23.4 Å². The maximum atomic E-state index is 14.0. The van der Waals surface area contributed by atoms with Crippen LogP contribution in [-0.2, 0) is 14.3 Å². The highest BCUT2D eigenvalue weighted by Crippen LogP contribution is 2.27. The van der Waals surface area contributed by atoms with Crippen molar-refractivity contribution in [2.45, 2.75) is 18.2 Å². The van der Waals surface area contributed by atoms with Crippen molar-refractivity contribution in [3.63, 3.8) is 0 Å². The van der Waals surface area contributed by atoms with E-state index in [0.29, 0.717) is 10.8 Å². The largest absolute Gasteiger partial charge is 0.457 e. The summed E-state index contributed by atoms with van der Waals surface area (Å²) in [5, 5.41) is 3.02. The van der Waals surface area contributed by atoms with Gasteiger partial charge >= 0.3 is 5.97 Å². The summed E-state index contributed by atoms with van der Waals surface area (Å²) in [6, 6.07) is 10.9. The zero-order valence-electron chi connectivity index (χ0n) is 14.5. The molecule has 0 aliphatic rings. The third kappa shape index (κ3) is 6.69. The van der Waals surface area contributed by atoms with Crippen LogP contribution in [0.25, 0.3) is 0 Å². The molecule has 2 rings (SSSR count). The number of hydrogen-bond donors (Lipinski definition) is 1. The number of ether oxygens (including phenoxy) is 1. The summed E-state index contributed by atoms with van der Waals surface area (Å²) in [4.78, 5) is 35.6. The number of anilines is 1. The van der Waals surface area contributed by atoms with E-state index in [-0.39, 0.29) is 23.6 Å². The molecule has 0 aliphatic heterocycles. The summed E-state index contributed by atoms with van der Waals surface area (Å²) in [5.41, 5.74) is 0.0347. The number of nitrogens with one attached hydrogen (secondary N) is 1. The van der Waals surface area contributed by atoms with Crippen LogP contribution in [0.4, 0.5) is 10.1 Å². The molecule has 0 saturated heterocycles. The number of carbonyl (C=O) groups excluding carboxylic acids is 3. The topological polar surface area (TPSA) is 72.5 Å². The monoisotopic (exact) mass is 409 g/mol. The van der Waals surface area contributed by atoms with Crippen molar-refractivity contribution >= 4 is 46.7 Å². The van der Waals surface area contributed by atoms with Crippen molar-refractivity contribution in [3.05, 3.63) is 58.9 Å². The average molecular weight is 410 g/mol. The molecule has 8 heteroatoms. The first-order chi connectivity index (χ1) is 12.9. The van der Waals surface area contributed by atoms with E-state index in [2.05, 4.69) is 5.32 Å². The molecule has 0 bridgehead atoms. The van der Waals surface area contributed by atoms with Crippen molar-refractivity contribution in [1.82, 2.24) is 0 Å². The van der Waals surface area contributed by atoms with Crippen molar-refractivity contribution in [2.24, 2.45) is 0 Å². The van der Waals surface area contributed by atoms with Gasteiger partial charge in [0.25, 0.3) is 0 Å². The number of halogens is 2. The van der Waals surface area contributed by atoms with Gasteiger partial charge in [0.1, 0.15) is 5.82 Å². The highest BCUT2D eigenvalue weighted by atomic mass is 35.5.